The SMILES string of the molecule is CC(NCC(N)=O)c1ccc(Br)cc1F. The second kappa shape index (κ2) is 5.23. The molecule has 0 aromatic heterocycles. The van der Waals surface area contributed by atoms with Crippen LogP contribution in [-0.4, -0.2) is 12.5 Å². The summed E-state index contributed by atoms with van der Waals surface area (Å²) in [6, 6.07) is 4.56. The van der Waals surface area contributed by atoms with Crippen LogP contribution < -0.4 is 11.1 Å². The van der Waals surface area contributed by atoms with Gasteiger partial charge >= 0.3 is 0 Å². The van der Waals surface area contributed by atoms with E-state index >= 15 is 0 Å². The Balaban J connectivity index is 2.73. The summed E-state index contributed by atoms with van der Waals surface area (Å²) in [5.74, 6) is -0.770. The van der Waals surface area contributed by atoms with Crippen molar-refractivity contribution in [2.45, 2.75) is 13.0 Å². The van der Waals surface area contributed by atoms with Crippen molar-refractivity contribution in [2.24, 2.45) is 5.73 Å². The van der Waals surface area contributed by atoms with Gasteiger partial charge in [-0.25, -0.2) is 4.39 Å². The molecule has 3 nitrogen and oxygen atoms in total. The molecule has 1 unspecified atom stereocenters. The molecule has 1 aromatic carbocycles. The first kappa shape index (κ1) is 12.1. The Bertz CT molecular complexity index is 370. The molecular formula is C10H12BrFN2O. The van der Waals surface area contributed by atoms with Crippen LogP contribution >= 0.6 is 15.9 Å². The predicted octanol–water partition coefficient (Wildman–Crippen LogP) is 1.72. The van der Waals surface area contributed by atoms with E-state index in [1.54, 1.807) is 19.1 Å². The van der Waals surface area contributed by atoms with Gasteiger partial charge in [-0.2, -0.15) is 0 Å². The molecule has 1 atom stereocenters. The number of rotatable bonds is 4. The van der Waals surface area contributed by atoms with E-state index in [0.717, 1.165) is 0 Å². The molecule has 0 radical (unpaired) electrons. The Kier molecular flexibility index (Phi) is 4.23. The van der Waals surface area contributed by atoms with Crippen molar-refractivity contribution in [2.75, 3.05) is 6.54 Å². The van der Waals surface area contributed by atoms with Crippen molar-refractivity contribution in [1.82, 2.24) is 5.32 Å². The van der Waals surface area contributed by atoms with Gasteiger partial charge in [0.2, 0.25) is 5.91 Å². The number of nitrogens with one attached hydrogen (secondary N) is 1. The standard InChI is InChI=1S/C10H12BrFN2O/c1-6(14-5-10(13)15)8-3-2-7(11)4-9(8)12/h2-4,6,14H,5H2,1H3,(H2,13,15). The van der Waals surface area contributed by atoms with Gasteiger partial charge in [0.15, 0.2) is 0 Å². The number of nitrogens with two attached hydrogens (primary N) is 1. The van der Waals surface area contributed by atoms with Gasteiger partial charge < -0.3 is 11.1 Å². The molecule has 0 aliphatic heterocycles. The van der Waals surface area contributed by atoms with Crippen molar-refractivity contribution in [3.8, 4) is 0 Å². The summed E-state index contributed by atoms with van der Waals surface area (Å²) in [6.45, 7) is 1.81. The molecule has 0 saturated carbocycles. The zero-order chi connectivity index (χ0) is 11.4. The zero-order valence-electron chi connectivity index (χ0n) is 8.26. The highest BCUT2D eigenvalue weighted by Crippen LogP contribution is 2.20. The maximum atomic E-state index is 13.4. The van der Waals surface area contributed by atoms with Gasteiger partial charge in [0, 0.05) is 16.1 Å². The molecule has 1 aromatic rings. The van der Waals surface area contributed by atoms with Crippen molar-refractivity contribution in [3.63, 3.8) is 0 Å². The maximum absolute atomic E-state index is 13.4. The molecule has 0 aliphatic carbocycles. The number of benzene rings is 1. The van der Waals surface area contributed by atoms with Crippen LogP contribution in [0.1, 0.15) is 18.5 Å². The minimum absolute atomic E-state index is 0.0384. The van der Waals surface area contributed by atoms with Crippen LogP contribution in [0.2, 0.25) is 0 Å². The van der Waals surface area contributed by atoms with Crippen molar-refractivity contribution >= 4 is 21.8 Å². The van der Waals surface area contributed by atoms with E-state index in [1.807, 2.05) is 0 Å². The highest BCUT2D eigenvalue weighted by molar-refractivity contribution is 9.10. The minimum atomic E-state index is -0.459. The van der Waals surface area contributed by atoms with E-state index in [0.29, 0.717) is 10.0 Å². The molecular weight excluding hydrogens is 263 g/mol. The first-order valence-corrected chi connectivity index (χ1v) is 5.26. The van der Waals surface area contributed by atoms with Gasteiger partial charge in [-0.1, -0.05) is 22.0 Å². The van der Waals surface area contributed by atoms with Crippen LogP contribution in [0.25, 0.3) is 0 Å². The third-order valence-electron chi connectivity index (χ3n) is 2.01. The Labute approximate surface area is 96.0 Å². The van der Waals surface area contributed by atoms with Gasteiger partial charge in [0.1, 0.15) is 5.82 Å². The number of hydrogen-bond acceptors (Lipinski definition) is 2. The fourth-order valence-electron chi connectivity index (χ4n) is 1.22. The van der Waals surface area contributed by atoms with E-state index in [1.165, 1.54) is 6.07 Å². The van der Waals surface area contributed by atoms with E-state index in [9.17, 15) is 9.18 Å². The quantitative estimate of drug-likeness (QED) is 0.879. The molecule has 0 saturated heterocycles. The van der Waals surface area contributed by atoms with E-state index in [-0.39, 0.29) is 18.4 Å². The first-order valence-electron chi connectivity index (χ1n) is 4.47. The molecule has 0 aliphatic rings. The van der Waals surface area contributed by atoms with Gasteiger partial charge in [-0.3, -0.25) is 4.79 Å². The van der Waals surface area contributed by atoms with Crippen LogP contribution in [0.15, 0.2) is 22.7 Å². The lowest BCUT2D eigenvalue weighted by Crippen LogP contribution is -2.30. The molecule has 3 N–H and O–H groups in total. The fourth-order valence-corrected chi connectivity index (χ4v) is 1.55. The predicted molar refractivity (Wildman–Crippen MR) is 59.7 cm³/mol. The number of carbonyl (C=O) groups is 1. The van der Waals surface area contributed by atoms with Crippen LogP contribution in [0.4, 0.5) is 4.39 Å². The van der Waals surface area contributed by atoms with E-state index in [2.05, 4.69) is 21.2 Å². The van der Waals surface area contributed by atoms with Crippen molar-refractivity contribution in [1.29, 1.82) is 0 Å². The summed E-state index contributed by atoms with van der Waals surface area (Å²) >= 11 is 3.17. The van der Waals surface area contributed by atoms with Crippen LogP contribution in [0, 0.1) is 5.82 Å². The largest absolute Gasteiger partial charge is 0.369 e. The number of carbonyl (C=O) groups excluding carboxylic acids is 1. The molecule has 5 heteroatoms. The maximum Gasteiger partial charge on any atom is 0.231 e. The Morgan fingerprint density at radius 1 is 1.67 bits per heavy atom. The van der Waals surface area contributed by atoms with Crippen LogP contribution in [-0.2, 0) is 4.79 Å². The van der Waals surface area contributed by atoms with E-state index < -0.39 is 5.91 Å². The van der Waals surface area contributed by atoms with Gasteiger partial charge in [-0.05, 0) is 19.1 Å². The smallest absolute Gasteiger partial charge is 0.231 e. The number of halogens is 2. The van der Waals surface area contributed by atoms with Gasteiger partial charge in [-0.15, -0.1) is 0 Å². The molecule has 1 rings (SSSR count). The topological polar surface area (TPSA) is 55.1 Å². The second-order valence-electron chi connectivity index (χ2n) is 3.23. The Hall–Kier alpha value is -0.940. The van der Waals surface area contributed by atoms with Crippen molar-refractivity contribution in [3.05, 3.63) is 34.1 Å². The summed E-state index contributed by atoms with van der Waals surface area (Å²) in [5, 5.41) is 2.83. The summed E-state index contributed by atoms with van der Waals surface area (Å²) in [7, 11) is 0. The highest BCUT2D eigenvalue weighted by Gasteiger charge is 2.11. The third-order valence-corrected chi connectivity index (χ3v) is 2.50. The summed E-state index contributed by atoms with van der Waals surface area (Å²) in [4.78, 5) is 10.5. The zero-order valence-corrected chi connectivity index (χ0v) is 9.84. The highest BCUT2D eigenvalue weighted by atomic mass is 79.9. The second-order valence-corrected chi connectivity index (χ2v) is 4.15. The number of hydrogen-bond donors (Lipinski definition) is 2. The minimum Gasteiger partial charge on any atom is -0.369 e. The van der Waals surface area contributed by atoms with Crippen LogP contribution in [0.5, 0.6) is 0 Å². The molecule has 0 bridgehead atoms. The van der Waals surface area contributed by atoms with Gasteiger partial charge in [0.05, 0.1) is 6.54 Å². The lowest BCUT2D eigenvalue weighted by molar-refractivity contribution is -0.117. The molecule has 1 amide bonds. The molecule has 0 fully saturated rings. The monoisotopic (exact) mass is 274 g/mol. The van der Waals surface area contributed by atoms with Crippen molar-refractivity contribution < 1.29 is 9.18 Å². The fraction of sp³-hybridized carbons (Fsp3) is 0.300. The summed E-state index contributed by atoms with van der Waals surface area (Å²) in [5.41, 5.74) is 5.49. The Morgan fingerprint density at radius 3 is 2.87 bits per heavy atom. The average Bonchev–Trinajstić information content (AvgIpc) is 2.14. The summed E-state index contributed by atoms with van der Waals surface area (Å²) < 4.78 is 14.1. The first-order chi connectivity index (χ1) is 7.00. The number of primary amides is 1. The van der Waals surface area contributed by atoms with Crippen LogP contribution in [0.3, 0.4) is 0 Å². The normalized spacial score (nSPS) is 12.5. The lowest BCUT2D eigenvalue weighted by Gasteiger charge is -2.13. The summed E-state index contributed by atoms with van der Waals surface area (Å²) in [6.07, 6.45) is 0. The number of amides is 1. The third kappa shape index (κ3) is 3.60. The van der Waals surface area contributed by atoms with Gasteiger partial charge in [0.25, 0.3) is 0 Å². The molecule has 0 heterocycles. The molecule has 0 spiro atoms. The Morgan fingerprint density at radius 2 is 2.33 bits per heavy atom. The lowest BCUT2D eigenvalue weighted by atomic mass is 10.1. The van der Waals surface area contributed by atoms with E-state index in [4.69, 9.17) is 5.73 Å². The molecule has 15 heavy (non-hydrogen) atoms. The molecule has 82 valence electrons. The average molecular weight is 275 g/mol.